The molecule has 0 spiro atoms. The van der Waals surface area contributed by atoms with Gasteiger partial charge in [-0.1, -0.05) is 0 Å². The quantitative estimate of drug-likeness (QED) is 0.794. The predicted molar refractivity (Wildman–Crippen MR) is 64.7 cm³/mol. The van der Waals surface area contributed by atoms with Crippen LogP contribution in [0.25, 0.3) is 0 Å². The minimum absolute atomic E-state index is 0.162. The first-order chi connectivity index (χ1) is 8.26. The highest BCUT2D eigenvalue weighted by atomic mass is 16.5. The maximum absolute atomic E-state index is 5.59. The fourth-order valence-electron chi connectivity index (χ4n) is 2.26. The van der Waals surface area contributed by atoms with E-state index in [-0.39, 0.29) is 12.2 Å². The Labute approximate surface area is 102 Å². The SMILES string of the molecule is CCOC1CC(NCc2nccn2C)C1OC. The Balaban J connectivity index is 1.79. The van der Waals surface area contributed by atoms with Crippen molar-refractivity contribution in [2.45, 2.75) is 38.1 Å². The molecule has 3 atom stereocenters. The van der Waals surface area contributed by atoms with Crippen molar-refractivity contribution in [2.24, 2.45) is 7.05 Å². The zero-order valence-electron chi connectivity index (χ0n) is 10.7. The molecule has 0 radical (unpaired) electrons. The Hall–Kier alpha value is -0.910. The fourth-order valence-corrected chi connectivity index (χ4v) is 2.26. The molecule has 1 saturated carbocycles. The van der Waals surface area contributed by atoms with Crippen LogP contribution in [-0.2, 0) is 23.1 Å². The Morgan fingerprint density at radius 1 is 1.59 bits per heavy atom. The number of nitrogens with one attached hydrogen (secondary N) is 1. The first-order valence-corrected chi connectivity index (χ1v) is 6.10. The van der Waals surface area contributed by atoms with E-state index in [0.29, 0.717) is 6.04 Å². The molecule has 0 aromatic carbocycles. The van der Waals surface area contributed by atoms with Crippen LogP contribution in [0.15, 0.2) is 12.4 Å². The number of ether oxygens (including phenoxy) is 2. The van der Waals surface area contributed by atoms with E-state index < -0.39 is 0 Å². The zero-order valence-corrected chi connectivity index (χ0v) is 10.7. The molecule has 0 amide bonds. The van der Waals surface area contributed by atoms with E-state index in [1.165, 1.54) is 0 Å². The molecule has 1 aromatic heterocycles. The van der Waals surface area contributed by atoms with E-state index in [1.807, 2.05) is 30.9 Å². The first-order valence-electron chi connectivity index (χ1n) is 6.10. The van der Waals surface area contributed by atoms with Gasteiger partial charge in [0.1, 0.15) is 5.82 Å². The minimum Gasteiger partial charge on any atom is -0.377 e. The molecule has 17 heavy (non-hydrogen) atoms. The van der Waals surface area contributed by atoms with Crippen LogP contribution in [0.5, 0.6) is 0 Å². The second kappa shape index (κ2) is 5.62. The maximum Gasteiger partial charge on any atom is 0.122 e. The zero-order chi connectivity index (χ0) is 12.3. The lowest BCUT2D eigenvalue weighted by Crippen LogP contribution is -2.59. The van der Waals surface area contributed by atoms with E-state index in [0.717, 1.165) is 25.4 Å². The second-order valence-electron chi connectivity index (χ2n) is 4.37. The molecule has 96 valence electrons. The Bertz CT molecular complexity index is 353. The molecule has 0 saturated heterocycles. The van der Waals surface area contributed by atoms with Crippen molar-refractivity contribution in [1.29, 1.82) is 0 Å². The summed E-state index contributed by atoms with van der Waals surface area (Å²) in [5.74, 6) is 1.04. The lowest BCUT2D eigenvalue weighted by molar-refractivity contribution is -0.131. The van der Waals surface area contributed by atoms with Crippen LogP contribution < -0.4 is 5.32 Å². The van der Waals surface area contributed by atoms with Crippen LogP contribution in [0.2, 0.25) is 0 Å². The number of hydrogen-bond acceptors (Lipinski definition) is 4. The summed E-state index contributed by atoms with van der Waals surface area (Å²) in [6.07, 6.45) is 5.18. The van der Waals surface area contributed by atoms with Crippen molar-refractivity contribution >= 4 is 0 Å². The standard InChI is InChI=1S/C12H21N3O2/c1-4-17-10-7-9(12(10)16-3)14-8-11-13-5-6-15(11)2/h5-6,9-10,12,14H,4,7-8H2,1-3H3. The number of aryl methyl sites for hydroxylation is 1. The van der Waals surface area contributed by atoms with Gasteiger partial charge in [-0.25, -0.2) is 4.98 Å². The molecule has 3 unspecified atom stereocenters. The fraction of sp³-hybridized carbons (Fsp3) is 0.750. The van der Waals surface area contributed by atoms with Crippen molar-refractivity contribution in [2.75, 3.05) is 13.7 Å². The molecule has 1 aromatic rings. The van der Waals surface area contributed by atoms with E-state index in [2.05, 4.69) is 10.3 Å². The monoisotopic (exact) mass is 239 g/mol. The van der Waals surface area contributed by atoms with Crippen LogP contribution >= 0.6 is 0 Å². The van der Waals surface area contributed by atoms with Crippen molar-refractivity contribution in [3.63, 3.8) is 0 Å². The van der Waals surface area contributed by atoms with Gasteiger partial charge in [-0.15, -0.1) is 0 Å². The molecule has 5 nitrogen and oxygen atoms in total. The van der Waals surface area contributed by atoms with Gasteiger partial charge in [-0.3, -0.25) is 0 Å². The van der Waals surface area contributed by atoms with Crippen molar-refractivity contribution in [3.05, 3.63) is 18.2 Å². The third-order valence-corrected chi connectivity index (χ3v) is 3.35. The summed E-state index contributed by atoms with van der Waals surface area (Å²) in [5.41, 5.74) is 0. The molecular weight excluding hydrogens is 218 g/mol. The summed E-state index contributed by atoms with van der Waals surface area (Å²) in [6.45, 7) is 3.53. The number of hydrogen-bond donors (Lipinski definition) is 1. The second-order valence-corrected chi connectivity index (χ2v) is 4.37. The van der Waals surface area contributed by atoms with Crippen LogP contribution in [-0.4, -0.2) is 41.5 Å². The maximum atomic E-state index is 5.59. The highest BCUT2D eigenvalue weighted by molar-refractivity contribution is 4.99. The van der Waals surface area contributed by atoms with Gasteiger partial charge in [0.15, 0.2) is 0 Å². The summed E-state index contributed by atoms with van der Waals surface area (Å²) in [6, 6.07) is 0.369. The number of rotatable bonds is 6. The lowest BCUT2D eigenvalue weighted by atomic mass is 9.85. The van der Waals surface area contributed by atoms with Crippen molar-refractivity contribution in [3.8, 4) is 0 Å². The molecule has 2 rings (SSSR count). The average Bonchev–Trinajstić information content (AvgIpc) is 2.69. The van der Waals surface area contributed by atoms with Crippen molar-refractivity contribution in [1.82, 2.24) is 14.9 Å². The van der Waals surface area contributed by atoms with E-state index in [9.17, 15) is 0 Å². The third kappa shape index (κ3) is 2.68. The highest BCUT2D eigenvalue weighted by Crippen LogP contribution is 2.27. The van der Waals surface area contributed by atoms with Gasteiger partial charge in [0.25, 0.3) is 0 Å². The molecule has 0 aliphatic heterocycles. The number of aromatic nitrogens is 2. The van der Waals surface area contributed by atoms with Gasteiger partial charge >= 0.3 is 0 Å². The van der Waals surface area contributed by atoms with Gasteiger partial charge < -0.3 is 19.4 Å². The molecule has 1 heterocycles. The molecule has 1 aliphatic carbocycles. The minimum atomic E-state index is 0.162. The largest absolute Gasteiger partial charge is 0.377 e. The lowest BCUT2D eigenvalue weighted by Gasteiger charge is -2.43. The number of methoxy groups -OCH3 is 1. The van der Waals surface area contributed by atoms with Crippen molar-refractivity contribution < 1.29 is 9.47 Å². The molecule has 5 heteroatoms. The number of nitrogens with zero attached hydrogens (tertiary/aromatic N) is 2. The van der Waals surface area contributed by atoms with Gasteiger partial charge in [-0.05, 0) is 13.3 Å². The van der Waals surface area contributed by atoms with E-state index in [1.54, 1.807) is 7.11 Å². The van der Waals surface area contributed by atoms with Crippen LogP contribution in [0.4, 0.5) is 0 Å². The smallest absolute Gasteiger partial charge is 0.122 e. The van der Waals surface area contributed by atoms with Gasteiger partial charge in [0.2, 0.25) is 0 Å². The normalized spacial score (nSPS) is 28.1. The summed E-state index contributed by atoms with van der Waals surface area (Å²) < 4.78 is 13.1. The average molecular weight is 239 g/mol. The summed E-state index contributed by atoms with van der Waals surface area (Å²) in [7, 11) is 3.74. The van der Waals surface area contributed by atoms with Crippen LogP contribution in [0, 0.1) is 0 Å². The van der Waals surface area contributed by atoms with Crippen LogP contribution in [0.3, 0.4) is 0 Å². The Morgan fingerprint density at radius 2 is 2.41 bits per heavy atom. The molecule has 0 bridgehead atoms. The van der Waals surface area contributed by atoms with Crippen LogP contribution in [0.1, 0.15) is 19.2 Å². The molecule has 1 N–H and O–H groups in total. The van der Waals surface area contributed by atoms with E-state index >= 15 is 0 Å². The summed E-state index contributed by atoms with van der Waals surface area (Å²) in [5, 5.41) is 3.46. The van der Waals surface area contributed by atoms with Gasteiger partial charge in [-0.2, -0.15) is 0 Å². The summed E-state index contributed by atoms with van der Waals surface area (Å²) in [4.78, 5) is 4.28. The van der Waals surface area contributed by atoms with Gasteiger partial charge in [0, 0.05) is 39.2 Å². The topological polar surface area (TPSA) is 48.3 Å². The highest BCUT2D eigenvalue weighted by Gasteiger charge is 2.41. The Kier molecular flexibility index (Phi) is 4.15. The van der Waals surface area contributed by atoms with E-state index in [4.69, 9.17) is 9.47 Å². The molecule has 1 aliphatic rings. The number of imidazole rings is 1. The third-order valence-electron chi connectivity index (χ3n) is 3.35. The summed E-state index contributed by atoms with van der Waals surface area (Å²) >= 11 is 0. The van der Waals surface area contributed by atoms with Gasteiger partial charge in [0.05, 0.1) is 18.8 Å². The predicted octanol–water partition coefficient (Wildman–Crippen LogP) is 0.702. The first kappa shape index (κ1) is 12.5. The molecular formula is C12H21N3O2. The molecule has 1 fully saturated rings. The Morgan fingerprint density at radius 3 is 3.00 bits per heavy atom.